The fourth-order valence-corrected chi connectivity index (χ4v) is 1.45. The van der Waals surface area contributed by atoms with Crippen LogP contribution in [0, 0.1) is 13.0 Å². The average Bonchev–Trinajstić information content (AvgIpc) is 2.20. The Morgan fingerprint density at radius 3 is 2.29 bits per heavy atom. The summed E-state index contributed by atoms with van der Waals surface area (Å²) in [5.74, 6) is 0. The molecule has 2 aromatic carbocycles. The van der Waals surface area contributed by atoms with Crippen LogP contribution in [0.15, 0.2) is 48.5 Å². The van der Waals surface area contributed by atoms with Crippen molar-refractivity contribution in [3.8, 4) is 11.1 Å². The van der Waals surface area contributed by atoms with Crippen molar-refractivity contribution in [3.05, 3.63) is 60.2 Å². The zero-order valence-electron chi connectivity index (χ0n) is 7.95. The Hall–Kier alpha value is -0.911. The fourth-order valence-electron chi connectivity index (χ4n) is 1.45. The molecule has 0 heterocycles. The summed E-state index contributed by atoms with van der Waals surface area (Å²) in [6, 6.07) is 19.7. The largest absolute Gasteiger partial charge is 0.180 e. The molecule has 2 rings (SSSR count). The minimum atomic E-state index is 0. The van der Waals surface area contributed by atoms with Crippen LogP contribution < -0.4 is 0 Å². The van der Waals surface area contributed by atoms with E-state index < -0.39 is 0 Å². The van der Waals surface area contributed by atoms with Gasteiger partial charge in [0.1, 0.15) is 0 Å². The zero-order valence-corrected chi connectivity index (χ0v) is 10.3. The molecule has 1 radical (unpaired) electrons. The van der Waals surface area contributed by atoms with E-state index in [-0.39, 0.29) is 20.1 Å². The van der Waals surface area contributed by atoms with Gasteiger partial charge >= 0.3 is 0 Å². The second kappa shape index (κ2) is 5.09. The summed E-state index contributed by atoms with van der Waals surface area (Å²) in [7, 11) is 0. The first kappa shape index (κ1) is 11.2. The van der Waals surface area contributed by atoms with Crippen molar-refractivity contribution in [3.63, 3.8) is 0 Å². The molecule has 0 atom stereocenters. The van der Waals surface area contributed by atoms with E-state index in [1.807, 2.05) is 18.2 Å². The Morgan fingerprint density at radius 2 is 1.64 bits per heavy atom. The number of rotatable bonds is 1. The second-order valence-electron chi connectivity index (χ2n) is 3.07. The summed E-state index contributed by atoms with van der Waals surface area (Å²) in [5.41, 5.74) is 3.73. The SMILES string of the molecule is Cc1[c-]cccc1-c1ccccc1.[Ir]. The molecule has 14 heavy (non-hydrogen) atoms. The maximum Gasteiger partial charge on any atom is 0 e. The van der Waals surface area contributed by atoms with Crippen LogP contribution >= 0.6 is 0 Å². The molecule has 0 saturated carbocycles. The third-order valence-corrected chi connectivity index (χ3v) is 2.15. The Balaban J connectivity index is 0.000000980. The number of benzene rings is 2. The smallest absolute Gasteiger partial charge is 0 e. The summed E-state index contributed by atoms with van der Waals surface area (Å²) in [4.78, 5) is 0. The van der Waals surface area contributed by atoms with Gasteiger partial charge in [0.2, 0.25) is 0 Å². The molecule has 0 spiro atoms. The first-order valence-corrected chi connectivity index (χ1v) is 4.40. The van der Waals surface area contributed by atoms with Gasteiger partial charge in [-0.15, -0.1) is 5.56 Å². The molecule has 0 bridgehead atoms. The van der Waals surface area contributed by atoms with Crippen molar-refractivity contribution < 1.29 is 20.1 Å². The van der Waals surface area contributed by atoms with E-state index >= 15 is 0 Å². The third kappa shape index (κ3) is 2.31. The maximum atomic E-state index is 3.20. The molecule has 0 aromatic heterocycles. The quantitative estimate of drug-likeness (QED) is 0.684. The third-order valence-electron chi connectivity index (χ3n) is 2.15. The summed E-state index contributed by atoms with van der Waals surface area (Å²) in [6.45, 7) is 2.09. The van der Waals surface area contributed by atoms with Gasteiger partial charge < -0.3 is 0 Å². The molecule has 0 saturated heterocycles. The Bertz CT molecular complexity index is 393. The van der Waals surface area contributed by atoms with Crippen LogP contribution in [0.5, 0.6) is 0 Å². The van der Waals surface area contributed by atoms with Crippen LogP contribution in [0.3, 0.4) is 0 Å². The zero-order chi connectivity index (χ0) is 9.10. The minimum absolute atomic E-state index is 0. The predicted octanol–water partition coefficient (Wildman–Crippen LogP) is 3.46. The molecule has 0 aliphatic rings. The molecular formula is C13H11Ir-. The normalized spacial score (nSPS) is 9.21. The van der Waals surface area contributed by atoms with Crippen molar-refractivity contribution in [2.45, 2.75) is 6.92 Å². The van der Waals surface area contributed by atoms with Gasteiger partial charge in [0.05, 0.1) is 0 Å². The van der Waals surface area contributed by atoms with Crippen LogP contribution in [0.2, 0.25) is 0 Å². The van der Waals surface area contributed by atoms with E-state index in [1.54, 1.807) is 0 Å². The van der Waals surface area contributed by atoms with Gasteiger partial charge in [-0.05, 0) is 0 Å². The van der Waals surface area contributed by atoms with E-state index in [0.29, 0.717) is 0 Å². The van der Waals surface area contributed by atoms with Crippen LogP contribution in [0.4, 0.5) is 0 Å². The monoisotopic (exact) mass is 360 g/mol. The van der Waals surface area contributed by atoms with Gasteiger partial charge in [0.15, 0.2) is 0 Å². The van der Waals surface area contributed by atoms with Crippen LogP contribution in [-0.4, -0.2) is 0 Å². The van der Waals surface area contributed by atoms with Gasteiger partial charge in [-0.1, -0.05) is 42.8 Å². The molecule has 0 fully saturated rings. The van der Waals surface area contributed by atoms with Gasteiger partial charge in [-0.25, -0.2) is 0 Å². The van der Waals surface area contributed by atoms with Crippen molar-refractivity contribution in [1.29, 1.82) is 0 Å². The van der Waals surface area contributed by atoms with Gasteiger partial charge in [-0.2, -0.15) is 29.8 Å². The summed E-state index contributed by atoms with van der Waals surface area (Å²) in [5, 5.41) is 0. The molecule has 0 unspecified atom stereocenters. The van der Waals surface area contributed by atoms with E-state index in [4.69, 9.17) is 0 Å². The van der Waals surface area contributed by atoms with Gasteiger partial charge in [-0.3, -0.25) is 0 Å². The van der Waals surface area contributed by atoms with Crippen LogP contribution in [-0.2, 0) is 20.1 Å². The molecule has 0 aliphatic carbocycles. The first-order chi connectivity index (χ1) is 6.38. The van der Waals surface area contributed by atoms with Crippen LogP contribution in [0.1, 0.15) is 5.56 Å². The average molecular weight is 359 g/mol. The molecular weight excluding hydrogens is 348 g/mol. The topological polar surface area (TPSA) is 0 Å². The number of aryl methyl sites for hydroxylation is 1. The number of hydrogen-bond acceptors (Lipinski definition) is 0. The van der Waals surface area contributed by atoms with Gasteiger partial charge in [0, 0.05) is 20.1 Å². The van der Waals surface area contributed by atoms with Crippen molar-refractivity contribution in [2.75, 3.05) is 0 Å². The fraction of sp³-hybridized carbons (Fsp3) is 0.0769. The van der Waals surface area contributed by atoms with Crippen molar-refractivity contribution >= 4 is 0 Å². The Kier molecular flexibility index (Phi) is 4.06. The summed E-state index contributed by atoms with van der Waals surface area (Å²) in [6.07, 6.45) is 0. The first-order valence-electron chi connectivity index (χ1n) is 4.40. The molecule has 1 heteroatoms. The van der Waals surface area contributed by atoms with E-state index in [2.05, 4.69) is 43.3 Å². The molecule has 0 nitrogen and oxygen atoms in total. The van der Waals surface area contributed by atoms with E-state index in [1.165, 1.54) is 16.7 Å². The van der Waals surface area contributed by atoms with E-state index in [0.717, 1.165) is 0 Å². The number of hydrogen-bond donors (Lipinski definition) is 0. The minimum Gasteiger partial charge on any atom is -0.180 e. The molecule has 73 valence electrons. The van der Waals surface area contributed by atoms with Crippen molar-refractivity contribution in [1.82, 2.24) is 0 Å². The van der Waals surface area contributed by atoms with Crippen molar-refractivity contribution in [2.24, 2.45) is 0 Å². The predicted molar refractivity (Wildman–Crippen MR) is 55.5 cm³/mol. The Morgan fingerprint density at radius 1 is 0.929 bits per heavy atom. The molecule has 0 amide bonds. The summed E-state index contributed by atoms with van der Waals surface area (Å²) >= 11 is 0. The maximum absolute atomic E-state index is 3.20. The molecule has 0 N–H and O–H groups in total. The van der Waals surface area contributed by atoms with E-state index in [9.17, 15) is 0 Å². The molecule has 0 aliphatic heterocycles. The Labute approximate surface area is 98.3 Å². The van der Waals surface area contributed by atoms with Gasteiger partial charge in [0.25, 0.3) is 0 Å². The second-order valence-corrected chi connectivity index (χ2v) is 3.07. The molecule has 2 aromatic rings. The van der Waals surface area contributed by atoms with Crippen LogP contribution in [0.25, 0.3) is 11.1 Å². The summed E-state index contributed by atoms with van der Waals surface area (Å²) < 4.78 is 0. The standard InChI is InChI=1S/C13H11.Ir/c1-11-7-5-6-10-13(11)12-8-3-2-4-9-12;/h2-6,8-10H,1H3;/q-1;.